The predicted octanol–water partition coefficient (Wildman–Crippen LogP) is 0.448. The van der Waals surface area contributed by atoms with E-state index in [0.717, 1.165) is 12.3 Å². The second-order valence-corrected chi connectivity index (χ2v) is 6.18. The quantitative estimate of drug-likeness (QED) is 0.868. The Morgan fingerprint density at radius 1 is 1.26 bits per heavy atom. The lowest BCUT2D eigenvalue weighted by molar-refractivity contribution is -0.132. The minimum absolute atomic E-state index is 0.0113. The van der Waals surface area contributed by atoms with E-state index in [4.69, 9.17) is 5.11 Å². The predicted molar refractivity (Wildman–Crippen MR) is 67.6 cm³/mol. The summed E-state index contributed by atoms with van der Waals surface area (Å²) in [5.41, 5.74) is 0.474. The van der Waals surface area contributed by atoms with Gasteiger partial charge in [0.25, 0.3) is 5.91 Å². The van der Waals surface area contributed by atoms with Gasteiger partial charge in [-0.2, -0.15) is 0 Å². The number of sulfone groups is 1. The molecule has 100 valence electrons. The summed E-state index contributed by atoms with van der Waals surface area (Å²) in [6.45, 7) is -0.0214. The molecule has 0 aromatic heterocycles. The first kappa shape index (κ1) is 13.3. The molecule has 0 aliphatic carbocycles. The van der Waals surface area contributed by atoms with Gasteiger partial charge < -0.3 is 10.0 Å². The second kappa shape index (κ2) is 4.51. The third kappa shape index (κ3) is 2.65. The topological polar surface area (TPSA) is 91.8 Å². The Bertz CT molecular complexity index is 673. The van der Waals surface area contributed by atoms with Crippen LogP contribution in [0.25, 0.3) is 0 Å². The lowest BCUT2D eigenvalue weighted by Crippen LogP contribution is -2.26. The number of carboxylic acid groups (broad SMARTS) is 1. The van der Waals surface area contributed by atoms with E-state index in [1.54, 1.807) is 0 Å². The molecule has 1 aliphatic rings. The number of anilines is 1. The van der Waals surface area contributed by atoms with Crippen LogP contribution in [0.1, 0.15) is 0 Å². The molecule has 1 aliphatic heterocycles. The van der Waals surface area contributed by atoms with Gasteiger partial charge in [-0.25, -0.2) is 13.2 Å². The van der Waals surface area contributed by atoms with E-state index in [2.05, 4.69) is 0 Å². The van der Waals surface area contributed by atoms with Gasteiger partial charge in [0.2, 0.25) is 0 Å². The molecule has 0 saturated heterocycles. The van der Waals surface area contributed by atoms with Crippen molar-refractivity contribution in [3.05, 3.63) is 35.9 Å². The Morgan fingerprint density at radius 3 is 2.26 bits per heavy atom. The van der Waals surface area contributed by atoms with Crippen molar-refractivity contribution in [1.29, 1.82) is 0 Å². The van der Waals surface area contributed by atoms with Crippen LogP contribution in [0.2, 0.25) is 0 Å². The van der Waals surface area contributed by atoms with Crippen molar-refractivity contribution in [1.82, 2.24) is 0 Å². The Kier molecular flexibility index (Phi) is 3.15. The summed E-state index contributed by atoms with van der Waals surface area (Å²) in [7, 11) is -3.29. The van der Waals surface area contributed by atoms with Crippen LogP contribution >= 0.6 is 0 Å². The van der Waals surface area contributed by atoms with Gasteiger partial charge >= 0.3 is 5.97 Å². The number of hydrogen-bond acceptors (Lipinski definition) is 4. The summed E-state index contributed by atoms with van der Waals surface area (Å²) in [5.74, 6) is -1.56. The zero-order chi connectivity index (χ0) is 14.2. The van der Waals surface area contributed by atoms with Crippen molar-refractivity contribution < 1.29 is 23.1 Å². The molecule has 0 unspecified atom stereocenters. The van der Waals surface area contributed by atoms with Gasteiger partial charge in [-0.05, 0) is 24.3 Å². The molecule has 1 N–H and O–H groups in total. The molecule has 2 rings (SSSR count). The van der Waals surface area contributed by atoms with Crippen molar-refractivity contribution in [2.45, 2.75) is 4.90 Å². The number of hydrogen-bond donors (Lipinski definition) is 1. The maximum Gasteiger partial charge on any atom is 0.333 e. The largest absolute Gasteiger partial charge is 0.478 e. The van der Waals surface area contributed by atoms with Crippen LogP contribution in [0.15, 0.2) is 40.8 Å². The molecule has 1 heterocycles. The van der Waals surface area contributed by atoms with E-state index < -0.39 is 21.7 Å². The van der Waals surface area contributed by atoms with E-state index in [1.165, 1.54) is 29.2 Å². The molecule has 0 fully saturated rings. The van der Waals surface area contributed by atoms with Crippen molar-refractivity contribution in [3.8, 4) is 0 Å². The zero-order valence-corrected chi connectivity index (χ0v) is 10.8. The third-order valence-corrected chi connectivity index (χ3v) is 3.87. The van der Waals surface area contributed by atoms with Crippen LogP contribution in [0.5, 0.6) is 0 Å². The maximum atomic E-state index is 11.6. The summed E-state index contributed by atoms with van der Waals surface area (Å²) in [6, 6.07) is 5.73. The monoisotopic (exact) mass is 281 g/mol. The first-order chi connectivity index (χ1) is 8.79. The Hall–Kier alpha value is -2.15. The van der Waals surface area contributed by atoms with Crippen molar-refractivity contribution in [2.75, 3.05) is 17.7 Å². The number of carbonyl (C=O) groups excluding carboxylic acids is 1. The van der Waals surface area contributed by atoms with Gasteiger partial charge in [0.05, 0.1) is 17.0 Å². The van der Waals surface area contributed by atoms with Crippen LogP contribution in [0, 0.1) is 0 Å². The summed E-state index contributed by atoms with van der Waals surface area (Å²) in [5, 5.41) is 8.82. The SMILES string of the molecule is CS(=O)(=O)c1ccc(N2CC(C(=O)O)=CC2=O)cc1. The van der Waals surface area contributed by atoms with E-state index in [9.17, 15) is 18.0 Å². The molecular formula is C12H11NO5S. The van der Waals surface area contributed by atoms with Gasteiger partial charge in [0.15, 0.2) is 9.84 Å². The fourth-order valence-corrected chi connectivity index (χ4v) is 2.37. The highest BCUT2D eigenvalue weighted by molar-refractivity contribution is 7.90. The minimum Gasteiger partial charge on any atom is -0.478 e. The van der Waals surface area contributed by atoms with Gasteiger partial charge in [-0.1, -0.05) is 0 Å². The Morgan fingerprint density at radius 2 is 1.84 bits per heavy atom. The first-order valence-corrected chi connectivity index (χ1v) is 7.23. The molecule has 1 aromatic carbocycles. The fraction of sp³-hybridized carbons (Fsp3) is 0.167. The summed E-state index contributed by atoms with van der Waals surface area (Å²) >= 11 is 0. The average molecular weight is 281 g/mol. The van der Waals surface area contributed by atoms with Crippen LogP contribution in [-0.4, -0.2) is 38.2 Å². The zero-order valence-electron chi connectivity index (χ0n) is 10.0. The van der Waals surface area contributed by atoms with E-state index in [-0.39, 0.29) is 17.0 Å². The Labute approximate surface area is 109 Å². The van der Waals surface area contributed by atoms with Crippen molar-refractivity contribution in [3.63, 3.8) is 0 Å². The number of aliphatic carboxylic acids is 1. The number of benzene rings is 1. The third-order valence-electron chi connectivity index (χ3n) is 2.74. The first-order valence-electron chi connectivity index (χ1n) is 5.34. The number of carbonyl (C=O) groups is 2. The summed E-state index contributed by atoms with van der Waals surface area (Å²) in [4.78, 5) is 23.8. The summed E-state index contributed by atoms with van der Waals surface area (Å²) in [6.07, 6.45) is 2.15. The molecule has 19 heavy (non-hydrogen) atoms. The van der Waals surface area contributed by atoms with Crippen LogP contribution in [0.3, 0.4) is 0 Å². The lowest BCUT2D eigenvalue weighted by Gasteiger charge is -2.16. The molecule has 0 spiro atoms. The highest BCUT2D eigenvalue weighted by atomic mass is 32.2. The van der Waals surface area contributed by atoms with Gasteiger partial charge in [-0.3, -0.25) is 4.79 Å². The average Bonchev–Trinajstić information content (AvgIpc) is 2.70. The minimum atomic E-state index is -3.29. The molecule has 7 heteroatoms. The Balaban J connectivity index is 2.26. The highest BCUT2D eigenvalue weighted by Gasteiger charge is 2.26. The van der Waals surface area contributed by atoms with Crippen LogP contribution < -0.4 is 4.90 Å². The van der Waals surface area contributed by atoms with Crippen LogP contribution in [-0.2, 0) is 19.4 Å². The normalized spacial score (nSPS) is 15.5. The van der Waals surface area contributed by atoms with E-state index >= 15 is 0 Å². The smallest absolute Gasteiger partial charge is 0.333 e. The number of carboxylic acids is 1. The second-order valence-electron chi connectivity index (χ2n) is 4.17. The molecule has 0 radical (unpaired) electrons. The molecular weight excluding hydrogens is 270 g/mol. The van der Waals surface area contributed by atoms with Crippen LogP contribution in [0.4, 0.5) is 5.69 Å². The fourth-order valence-electron chi connectivity index (χ4n) is 1.74. The molecule has 0 bridgehead atoms. The lowest BCUT2D eigenvalue weighted by atomic mass is 10.2. The van der Waals surface area contributed by atoms with Crippen molar-refractivity contribution >= 4 is 27.4 Å². The van der Waals surface area contributed by atoms with Crippen molar-refractivity contribution in [2.24, 2.45) is 0 Å². The number of rotatable bonds is 3. The van der Waals surface area contributed by atoms with E-state index in [0.29, 0.717) is 5.69 Å². The number of amides is 1. The van der Waals surface area contributed by atoms with Gasteiger partial charge in [-0.15, -0.1) is 0 Å². The number of nitrogens with zero attached hydrogens (tertiary/aromatic N) is 1. The van der Waals surface area contributed by atoms with Gasteiger partial charge in [0, 0.05) is 18.0 Å². The maximum absolute atomic E-state index is 11.6. The highest BCUT2D eigenvalue weighted by Crippen LogP contribution is 2.22. The summed E-state index contributed by atoms with van der Waals surface area (Å²) < 4.78 is 22.6. The van der Waals surface area contributed by atoms with Gasteiger partial charge in [0.1, 0.15) is 0 Å². The molecule has 0 atom stereocenters. The standard InChI is InChI=1S/C12H11NO5S/c1-19(17,18)10-4-2-9(3-5-10)13-7-8(12(15)16)6-11(13)14/h2-6H,7H2,1H3,(H,15,16). The molecule has 0 saturated carbocycles. The molecule has 6 nitrogen and oxygen atoms in total. The molecule has 1 amide bonds. The molecule has 1 aromatic rings. The van der Waals surface area contributed by atoms with E-state index in [1.807, 2.05) is 0 Å².